The topological polar surface area (TPSA) is 57.9 Å². The summed E-state index contributed by atoms with van der Waals surface area (Å²) in [5, 5.41) is 8.36. The third-order valence-electron chi connectivity index (χ3n) is 2.46. The molecule has 0 radical (unpaired) electrons. The van der Waals surface area contributed by atoms with Gasteiger partial charge in [0.25, 0.3) is 0 Å². The monoisotopic (exact) mass is 251 g/mol. The third-order valence-corrected chi connectivity index (χ3v) is 4.15. The van der Waals surface area contributed by atoms with Crippen LogP contribution in [0.5, 0.6) is 0 Å². The highest BCUT2D eigenvalue weighted by atomic mass is 32.2. The van der Waals surface area contributed by atoms with Crippen LogP contribution in [0.15, 0.2) is 24.3 Å². The van der Waals surface area contributed by atoms with E-state index in [2.05, 4.69) is 0 Å². The Morgan fingerprint density at radius 3 is 2.71 bits per heavy atom. The number of rotatable bonds is 6. The summed E-state index contributed by atoms with van der Waals surface area (Å²) in [5.41, 5.74) is 1.91. The largest absolute Gasteiger partial charge is 0.228 e. The van der Waals surface area contributed by atoms with E-state index in [0.29, 0.717) is 19.3 Å². The van der Waals surface area contributed by atoms with Gasteiger partial charge in [-0.25, -0.2) is 8.42 Å². The van der Waals surface area contributed by atoms with Crippen molar-refractivity contribution in [1.82, 2.24) is 0 Å². The molecule has 1 aromatic rings. The molecule has 0 aliphatic rings. The molecule has 0 heterocycles. The van der Waals surface area contributed by atoms with Crippen LogP contribution < -0.4 is 0 Å². The van der Waals surface area contributed by atoms with Gasteiger partial charge in [-0.3, -0.25) is 0 Å². The fourth-order valence-electron chi connectivity index (χ4n) is 1.65. The van der Waals surface area contributed by atoms with Crippen LogP contribution in [-0.2, 0) is 15.6 Å². The van der Waals surface area contributed by atoms with Crippen LogP contribution in [-0.4, -0.2) is 14.2 Å². The van der Waals surface area contributed by atoms with Gasteiger partial charge >= 0.3 is 0 Å². The van der Waals surface area contributed by atoms with Gasteiger partial charge in [0.05, 0.1) is 17.6 Å². The zero-order chi connectivity index (χ0) is 12.7. The van der Waals surface area contributed by atoms with Crippen molar-refractivity contribution in [3.8, 4) is 6.07 Å². The van der Waals surface area contributed by atoms with Crippen molar-refractivity contribution < 1.29 is 8.42 Å². The van der Waals surface area contributed by atoms with Gasteiger partial charge in [0, 0.05) is 6.42 Å². The van der Waals surface area contributed by atoms with Crippen molar-refractivity contribution in [2.24, 2.45) is 0 Å². The first kappa shape index (κ1) is 13.7. The first-order valence-electron chi connectivity index (χ1n) is 5.66. The normalized spacial score (nSPS) is 11.1. The van der Waals surface area contributed by atoms with E-state index in [0.717, 1.165) is 11.1 Å². The van der Waals surface area contributed by atoms with Gasteiger partial charge in [0.15, 0.2) is 9.84 Å². The molecule has 0 unspecified atom stereocenters. The second kappa shape index (κ2) is 6.41. The quantitative estimate of drug-likeness (QED) is 0.730. The SMILES string of the molecule is Cc1cccc(CS(=O)(=O)CCCCC#N)c1. The molecule has 17 heavy (non-hydrogen) atoms. The Morgan fingerprint density at radius 1 is 1.29 bits per heavy atom. The zero-order valence-corrected chi connectivity index (χ0v) is 10.8. The number of nitrogens with zero attached hydrogens (tertiary/aromatic N) is 1. The maximum Gasteiger partial charge on any atom is 0.154 e. The third kappa shape index (κ3) is 5.50. The summed E-state index contributed by atoms with van der Waals surface area (Å²) >= 11 is 0. The number of unbranched alkanes of at least 4 members (excludes halogenated alkanes) is 2. The Kier molecular flexibility index (Phi) is 5.17. The molecule has 0 N–H and O–H groups in total. The number of sulfone groups is 1. The van der Waals surface area contributed by atoms with Crippen molar-refractivity contribution >= 4 is 9.84 Å². The molecule has 0 spiro atoms. The second-order valence-corrected chi connectivity index (χ2v) is 6.38. The molecule has 1 aromatic carbocycles. The standard InChI is InChI=1S/C13H17NO2S/c1-12-6-5-7-13(10-12)11-17(15,16)9-4-2-3-8-14/h5-7,10H,2-4,9,11H2,1H3. The Morgan fingerprint density at radius 2 is 2.06 bits per heavy atom. The van der Waals surface area contributed by atoms with E-state index in [1.54, 1.807) is 0 Å². The van der Waals surface area contributed by atoms with Crippen molar-refractivity contribution in [3.63, 3.8) is 0 Å². The van der Waals surface area contributed by atoms with Crippen molar-refractivity contribution in [3.05, 3.63) is 35.4 Å². The molecular formula is C13H17NO2S. The molecule has 0 saturated heterocycles. The van der Waals surface area contributed by atoms with E-state index in [9.17, 15) is 8.42 Å². The minimum Gasteiger partial charge on any atom is -0.228 e. The average molecular weight is 251 g/mol. The summed E-state index contributed by atoms with van der Waals surface area (Å²) in [7, 11) is -3.04. The maximum atomic E-state index is 11.8. The number of hydrogen-bond donors (Lipinski definition) is 0. The number of nitriles is 1. The highest BCUT2D eigenvalue weighted by Gasteiger charge is 2.11. The van der Waals surface area contributed by atoms with Crippen LogP contribution >= 0.6 is 0 Å². The molecule has 0 aliphatic carbocycles. The van der Waals surface area contributed by atoms with Crippen LogP contribution in [0.25, 0.3) is 0 Å². The minimum atomic E-state index is -3.04. The van der Waals surface area contributed by atoms with Crippen LogP contribution in [0.1, 0.15) is 30.4 Å². The van der Waals surface area contributed by atoms with E-state index >= 15 is 0 Å². The van der Waals surface area contributed by atoms with Crippen molar-refractivity contribution in [1.29, 1.82) is 5.26 Å². The Balaban J connectivity index is 2.52. The van der Waals surface area contributed by atoms with Gasteiger partial charge < -0.3 is 0 Å². The summed E-state index contributed by atoms with van der Waals surface area (Å²) in [5.74, 6) is 0.268. The highest BCUT2D eigenvalue weighted by molar-refractivity contribution is 7.90. The van der Waals surface area contributed by atoms with Crippen LogP contribution in [0, 0.1) is 18.3 Å². The van der Waals surface area contributed by atoms with Gasteiger partial charge in [-0.15, -0.1) is 0 Å². The minimum absolute atomic E-state index is 0.0984. The number of aryl methyl sites for hydroxylation is 1. The summed E-state index contributed by atoms with van der Waals surface area (Å²) in [6.07, 6.45) is 1.66. The Hall–Kier alpha value is -1.34. The predicted molar refractivity (Wildman–Crippen MR) is 68.1 cm³/mol. The van der Waals surface area contributed by atoms with Crippen LogP contribution in [0.2, 0.25) is 0 Å². The van der Waals surface area contributed by atoms with Gasteiger partial charge in [0.2, 0.25) is 0 Å². The smallest absolute Gasteiger partial charge is 0.154 e. The Labute approximate surface area is 103 Å². The molecule has 0 aliphatic heterocycles. The molecule has 0 saturated carbocycles. The molecule has 4 heteroatoms. The van der Waals surface area contributed by atoms with Crippen LogP contribution in [0.4, 0.5) is 0 Å². The summed E-state index contributed by atoms with van der Waals surface area (Å²) < 4.78 is 23.6. The second-order valence-electron chi connectivity index (χ2n) is 4.20. The first-order valence-corrected chi connectivity index (χ1v) is 7.48. The van der Waals surface area contributed by atoms with E-state index in [-0.39, 0.29) is 11.5 Å². The summed E-state index contributed by atoms with van der Waals surface area (Å²) in [6.45, 7) is 1.95. The van der Waals surface area contributed by atoms with Gasteiger partial charge in [0.1, 0.15) is 0 Å². The molecule has 0 fully saturated rings. The van der Waals surface area contributed by atoms with Gasteiger partial charge in [-0.05, 0) is 25.3 Å². The van der Waals surface area contributed by atoms with Gasteiger partial charge in [-0.1, -0.05) is 29.8 Å². The van der Waals surface area contributed by atoms with E-state index in [1.165, 1.54) is 0 Å². The zero-order valence-electron chi connectivity index (χ0n) is 10.0. The van der Waals surface area contributed by atoms with Crippen molar-refractivity contribution in [2.75, 3.05) is 5.75 Å². The highest BCUT2D eigenvalue weighted by Crippen LogP contribution is 2.10. The average Bonchev–Trinajstić information content (AvgIpc) is 2.24. The molecule has 0 amide bonds. The summed E-state index contributed by atoms with van der Waals surface area (Å²) in [4.78, 5) is 0. The lowest BCUT2D eigenvalue weighted by Crippen LogP contribution is -2.09. The van der Waals surface area contributed by atoms with E-state index < -0.39 is 9.84 Å². The molecule has 0 atom stereocenters. The van der Waals surface area contributed by atoms with Gasteiger partial charge in [-0.2, -0.15) is 5.26 Å². The molecule has 0 aromatic heterocycles. The lowest BCUT2D eigenvalue weighted by atomic mass is 10.2. The lowest BCUT2D eigenvalue weighted by molar-refractivity contribution is 0.591. The number of benzene rings is 1. The fourth-order valence-corrected chi connectivity index (χ4v) is 3.13. The van der Waals surface area contributed by atoms with Crippen molar-refractivity contribution in [2.45, 2.75) is 31.9 Å². The van der Waals surface area contributed by atoms with Crippen LogP contribution in [0.3, 0.4) is 0 Å². The molecule has 92 valence electrons. The molecule has 1 rings (SSSR count). The molecule has 0 bridgehead atoms. The Bertz CT molecular complexity index is 500. The lowest BCUT2D eigenvalue weighted by Gasteiger charge is -2.04. The van der Waals surface area contributed by atoms with E-state index in [4.69, 9.17) is 5.26 Å². The molecule has 3 nitrogen and oxygen atoms in total. The van der Waals surface area contributed by atoms with E-state index in [1.807, 2.05) is 37.3 Å². The number of hydrogen-bond acceptors (Lipinski definition) is 3. The maximum absolute atomic E-state index is 11.8. The summed E-state index contributed by atoms with van der Waals surface area (Å²) in [6, 6.07) is 9.56. The predicted octanol–water partition coefficient (Wildman–Crippen LogP) is 2.60. The molecular weight excluding hydrogens is 234 g/mol. The first-order chi connectivity index (χ1) is 8.03. The fraction of sp³-hybridized carbons (Fsp3) is 0.462.